The van der Waals surface area contributed by atoms with Crippen molar-refractivity contribution in [3.8, 4) is 0 Å². The van der Waals surface area contributed by atoms with Crippen LogP contribution in [0.25, 0.3) is 0 Å². The quantitative estimate of drug-likeness (QED) is 0.307. The number of nitrogens with two attached hydrogens (primary N) is 1. The van der Waals surface area contributed by atoms with Crippen molar-refractivity contribution in [2.75, 3.05) is 6.61 Å². The summed E-state index contributed by atoms with van der Waals surface area (Å²) in [4.78, 5) is 10.9. The smallest absolute Gasteiger partial charge is 0.328 e. The van der Waals surface area contributed by atoms with E-state index in [1.165, 1.54) is 0 Å². The average molecular weight is 323 g/mol. The predicted molar refractivity (Wildman–Crippen MR) is 79.7 cm³/mol. The highest BCUT2D eigenvalue weighted by Gasteiger charge is 2.40. The molecule has 22 heavy (non-hydrogen) atoms. The van der Waals surface area contributed by atoms with Crippen LogP contribution in [0.3, 0.4) is 0 Å². The van der Waals surface area contributed by atoms with Gasteiger partial charge in [0, 0.05) is 6.42 Å². The Morgan fingerprint density at radius 1 is 1.09 bits per heavy atom. The fourth-order valence-corrected chi connectivity index (χ4v) is 1.98. The van der Waals surface area contributed by atoms with E-state index in [2.05, 4.69) is 0 Å². The number of unbranched alkanes of at least 4 members (excludes halogenated alkanes) is 4. The zero-order chi connectivity index (χ0) is 17.0. The van der Waals surface area contributed by atoms with Gasteiger partial charge in [-0.2, -0.15) is 0 Å². The lowest BCUT2D eigenvalue weighted by molar-refractivity contribution is -0.150. The molecule has 7 heteroatoms. The van der Waals surface area contributed by atoms with E-state index in [-0.39, 0.29) is 12.8 Å². The summed E-state index contributed by atoms with van der Waals surface area (Å²) in [6.45, 7) is -0.828. The number of allylic oxidation sites excluding steroid dienone is 2. The molecule has 0 amide bonds. The zero-order valence-electron chi connectivity index (χ0n) is 12.8. The topological polar surface area (TPSA) is 104 Å². The Labute approximate surface area is 129 Å². The summed E-state index contributed by atoms with van der Waals surface area (Å²) >= 11 is 0. The lowest BCUT2D eigenvalue weighted by atomic mass is 9.91. The number of carbonyl (C=O) groups is 1. The highest BCUT2D eigenvalue weighted by molar-refractivity contribution is 5.79. The number of halogens is 2. The standard InChI is InChI=1S/C15H27F2NO4/c16-13(17)10-8-6-4-2-1-3-5-7-9-12(20)15(18,11-19)14(21)22/h3,5,12-13,19-20H,1-2,4,6-11,18H2,(H,21,22)/b5-3+. The molecule has 0 spiro atoms. The average Bonchev–Trinajstić information content (AvgIpc) is 2.47. The molecule has 5 N–H and O–H groups in total. The van der Waals surface area contributed by atoms with Crippen molar-refractivity contribution in [2.45, 2.75) is 69.4 Å². The third-order valence-corrected chi connectivity index (χ3v) is 3.57. The Hall–Kier alpha value is -1.05. The monoisotopic (exact) mass is 323 g/mol. The van der Waals surface area contributed by atoms with Gasteiger partial charge in [0.2, 0.25) is 6.43 Å². The normalized spacial score (nSPS) is 16.1. The second-order valence-electron chi connectivity index (χ2n) is 5.45. The van der Waals surface area contributed by atoms with E-state index < -0.39 is 30.6 Å². The molecule has 130 valence electrons. The maximum absolute atomic E-state index is 11.9. The van der Waals surface area contributed by atoms with Crippen molar-refractivity contribution in [2.24, 2.45) is 5.73 Å². The summed E-state index contributed by atoms with van der Waals surface area (Å²) in [7, 11) is 0. The van der Waals surface area contributed by atoms with Crippen molar-refractivity contribution in [3.05, 3.63) is 12.2 Å². The van der Waals surface area contributed by atoms with Gasteiger partial charge in [0.1, 0.15) is 0 Å². The number of carboxylic acid groups (broad SMARTS) is 1. The Kier molecular flexibility index (Phi) is 11.0. The van der Waals surface area contributed by atoms with Gasteiger partial charge in [0.05, 0.1) is 12.7 Å². The van der Waals surface area contributed by atoms with Gasteiger partial charge in [-0.1, -0.05) is 25.0 Å². The van der Waals surface area contributed by atoms with Crippen LogP contribution in [0, 0.1) is 0 Å². The van der Waals surface area contributed by atoms with Gasteiger partial charge in [-0.15, -0.1) is 0 Å². The molecule has 0 rings (SSSR count). The Bertz CT molecular complexity index is 340. The number of rotatable bonds is 13. The molecule has 5 nitrogen and oxygen atoms in total. The number of alkyl halides is 2. The first-order chi connectivity index (χ1) is 10.3. The lowest BCUT2D eigenvalue weighted by Gasteiger charge is -2.27. The van der Waals surface area contributed by atoms with Gasteiger partial charge in [-0.05, 0) is 32.1 Å². The van der Waals surface area contributed by atoms with Crippen molar-refractivity contribution >= 4 is 5.97 Å². The van der Waals surface area contributed by atoms with E-state index in [0.29, 0.717) is 12.8 Å². The molecular formula is C15H27F2NO4. The van der Waals surface area contributed by atoms with Crippen molar-refractivity contribution in [1.29, 1.82) is 0 Å². The third-order valence-electron chi connectivity index (χ3n) is 3.57. The van der Waals surface area contributed by atoms with Crippen LogP contribution in [-0.4, -0.2) is 46.0 Å². The second kappa shape index (κ2) is 11.5. The number of aliphatic hydroxyl groups is 2. The summed E-state index contributed by atoms with van der Waals surface area (Å²) < 4.78 is 23.8. The molecule has 2 unspecified atom stereocenters. The second-order valence-corrected chi connectivity index (χ2v) is 5.45. The van der Waals surface area contributed by atoms with Crippen LogP contribution in [0.2, 0.25) is 0 Å². The molecule has 0 bridgehead atoms. The lowest BCUT2D eigenvalue weighted by Crippen LogP contribution is -2.60. The SMILES string of the molecule is NC(CO)(C(=O)O)C(O)CC/C=C/CCCCCCC(F)F. The summed E-state index contributed by atoms with van der Waals surface area (Å²) in [5.41, 5.74) is 3.41. The minimum atomic E-state index is -2.22. The van der Waals surface area contributed by atoms with Crippen molar-refractivity contribution < 1.29 is 28.9 Å². The van der Waals surface area contributed by atoms with Crippen LogP contribution in [0.4, 0.5) is 8.78 Å². The molecule has 0 saturated carbocycles. The Morgan fingerprint density at radius 3 is 2.23 bits per heavy atom. The fourth-order valence-electron chi connectivity index (χ4n) is 1.98. The van der Waals surface area contributed by atoms with Crippen LogP contribution in [0.15, 0.2) is 12.2 Å². The van der Waals surface area contributed by atoms with Gasteiger partial charge in [0.25, 0.3) is 0 Å². The molecule has 0 radical (unpaired) electrons. The van der Waals surface area contributed by atoms with E-state index in [4.69, 9.17) is 15.9 Å². The number of hydrogen-bond acceptors (Lipinski definition) is 4. The number of hydrogen-bond donors (Lipinski definition) is 4. The molecule has 0 aromatic carbocycles. The molecule has 0 heterocycles. The van der Waals surface area contributed by atoms with Crippen molar-refractivity contribution in [1.82, 2.24) is 0 Å². The van der Waals surface area contributed by atoms with Gasteiger partial charge in [0.15, 0.2) is 5.54 Å². The minimum Gasteiger partial charge on any atom is -0.480 e. The molecule has 0 aromatic rings. The summed E-state index contributed by atoms with van der Waals surface area (Å²) in [6, 6.07) is 0. The third kappa shape index (κ3) is 8.41. The highest BCUT2D eigenvalue weighted by atomic mass is 19.3. The molecule has 0 fully saturated rings. The first-order valence-electron chi connectivity index (χ1n) is 7.59. The van der Waals surface area contributed by atoms with Gasteiger partial charge < -0.3 is 21.1 Å². The largest absolute Gasteiger partial charge is 0.480 e. The van der Waals surface area contributed by atoms with Crippen LogP contribution >= 0.6 is 0 Å². The van der Waals surface area contributed by atoms with Crippen LogP contribution < -0.4 is 5.73 Å². The first-order valence-corrected chi connectivity index (χ1v) is 7.59. The zero-order valence-corrected chi connectivity index (χ0v) is 12.8. The van der Waals surface area contributed by atoms with E-state index >= 15 is 0 Å². The molecule has 0 aliphatic rings. The van der Waals surface area contributed by atoms with Crippen LogP contribution in [-0.2, 0) is 4.79 Å². The molecule has 0 saturated heterocycles. The Morgan fingerprint density at radius 2 is 1.68 bits per heavy atom. The van der Waals surface area contributed by atoms with E-state index in [0.717, 1.165) is 25.7 Å². The van der Waals surface area contributed by atoms with Gasteiger partial charge >= 0.3 is 5.97 Å². The maximum Gasteiger partial charge on any atom is 0.328 e. The van der Waals surface area contributed by atoms with Gasteiger partial charge in [-0.3, -0.25) is 4.79 Å². The van der Waals surface area contributed by atoms with E-state index in [9.17, 15) is 18.7 Å². The Balaban J connectivity index is 3.72. The fraction of sp³-hybridized carbons (Fsp3) is 0.800. The number of carboxylic acids is 1. The van der Waals surface area contributed by atoms with Gasteiger partial charge in [-0.25, -0.2) is 8.78 Å². The molecule has 0 aliphatic carbocycles. The van der Waals surface area contributed by atoms with Crippen LogP contribution in [0.1, 0.15) is 51.4 Å². The van der Waals surface area contributed by atoms with Crippen LogP contribution in [0.5, 0.6) is 0 Å². The summed E-state index contributed by atoms with van der Waals surface area (Å²) in [6.07, 6.45) is 4.72. The highest BCUT2D eigenvalue weighted by Crippen LogP contribution is 2.14. The number of aliphatic carboxylic acids is 1. The maximum atomic E-state index is 11.9. The summed E-state index contributed by atoms with van der Waals surface area (Å²) in [5.74, 6) is -1.43. The minimum absolute atomic E-state index is 0.0387. The number of aliphatic hydroxyl groups excluding tert-OH is 2. The van der Waals surface area contributed by atoms with E-state index in [1.807, 2.05) is 12.2 Å². The van der Waals surface area contributed by atoms with Crippen molar-refractivity contribution in [3.63, 3.8) is 0 Å². The summed E-state index contributed by atoms with van der Waals surface area (Å²) in [5, 5.41) is 27.6. The molecule has 2 atom stereocenters. The first kappa shape index (κ1) is 20.9. The molecule has 0 aromatic heterocycles. The molecular weight excluding hydrogens is 296 g/mol. The van der Waals surface area contributed by atoms with E-state index in [1.54, 1.807) is 0 Å². The predicted octanol–water partition coefficient (Wildman–Crippen LogP) is 2.06. The molecule has 0 aliphatic heterocycles.